The predicted molar refractivity (Wildman–Crippen MR) is 164 cm³/mol. The highest BCUT2D eigenvalue weighted by atomic mass is 32.2. The maximum atomic E-state index is 14.1. The fraction of sp³-hybridized carbons (Fsp3) is 0.375. The number of nitrogens with zero attached hydrogens (tertiary/aromatic N) is 2. The fourth-order valence-electron chi connectivity index (χ4n) is 4.35. The number of aryl methyl sites for hydroxylation is 2. The number of amides is 2. The van der Waals surface area contributed by atoms with E-state index in [-0.39, 0.29) is 29.0 Å². The van der Waals surface area contributed by atoms with Crippen molar-refractivity contribution in [1.29, 1.82) is 0 Å². The number of methoxy groups -OCH3 is 2. The van der Waals surface area contributed by atoms with Gasteiger partial charge in [0.2, 0.25) is 11.8 Å². The molecule has 3 aromatic carbocycles. The molecule has 2 amide bonds. The number of carbonyl (C=O) groups excluding carboxylic acids is 2. The number of sulfonamides is 1. The number of carbonyl (C=O) groups is 2. The summed E-state index contributed by atoms with van der Waals surface area (Å²) >= 11 is 0. The first-order valence-electron chi connectivity index (χ1n) is 13.8. The Bertz CT molecular complexity index is 1490. The lowest BCUT2D eigenvalue weighted by molar-refractivity contribution is -0.139. The molecule has 0 saturated carbocycles. The number of anilines is 1. The van der Waals surface area contributed by atoms with Gasteiger partial charge in [0, 0.05) is 19.2 Å². The molecule has 226 valence electrons. The van der Waals surface area contributed by atoms with E-state index in [9.17, 15) is 18.0 Å². The van der Waals surface area contributed by atoms with Gasteiger partial charge in [0.1, 0.15) is 12.6 Å². The highest BCUT2D eigenvalue weighted by Gasteiger charge is 2.33. The van der Waals surface area contributed by atoms with Crippen LogP contribution in [0.25, 0.3) is 0 Å². The molecule has 0 heterocycles. The van der Waals surface area contributed by atoms with E-state index < -0.39 is 28.5 Å². The molecule has 0 aliphatic rings. The van der Waals surface area contributed by atoms with Crippen LogP contribution in [0, 0.1) is 19.8 Å². The van der Waals surface area contributed by atoms with Gasteiger partial charge in [-0.2, -0.15) is 0 Å². The Morgan fingerprint density at radius 1 is 0.881 bits per heavy atom. The Labute approximate surface area is 249 Å². The lowest BCUT2D eigenvalue weighted by Gasteiger charge is -2.32. The van der Waals surface area contributed by atoms with Crippen molar-refractivity contribution < 1.29 is 27.5 Å². The first kappa shape index (κ1) is 32.5. The Hall–Kier alpha value is -4.05. The van der Waals surface area contributed by atoms with Crippen molar-refractivity contribution in [3.8, 4) is 11.5 Å². The van der Waals surface area contributed by atoms with E-state index in [4.69, 9.17) is 9.47 Å². The van der Waals surface area contributed by atoms with Gasteiger partial charge in [-0.25, -0.2) is 8.42 Å². The summed E-state index contributed by atoms with van der Waals surface area (Å²) in [4.78, 5) is 28.7. The minimum Gasteiger partial charge on any atom is -0.493 e. The summed E-state index contributed by atoms with van der Waals surface area (Å²) in [5.74, 6) is 0.101. The first-order chi connectivity index (χ1) is 19.9. The molecular weight excluding hydrogens is 554 g/mol. The second-order valence-corrected chi connectivity index (χ2v) is 12.5. The molecule has 1 atom stereocenters. The SMILES string of the molecule is COc1ccc(N(CC(=O)N(Cc2ccccc2C)[C@H](C)C(=O)NCC(C)C)S(=O)(=O)c2ccc(C)cc2)cc1OC. The molecule has 0 spiro atoms. The third-order valence-electron chi connectivity index (χ3n) is 7.00. The lowest BCUT2D eigenvalue weighted by Crippen LogP contribution is -2.51. The zero-order valence-electron chi connectivity index (χ0n) is 25.4. The number of hydrogen-bond donors (Lipinski definition) is 1. The van der Waals surface area contributed by atoms with Crippen LogP contribution >= 0.6 is 0 Å². The summed E-state index contributed by atoms with van der Waals surface area (Å²) in [7, 11) is -1.27. The molecule has 0 aromatic heterocycles. The van der Waals surface area contributed by atoms with E-state index in [1.165, 1.54) is 37.3 Å². The normalized spacial score (nSPS) is 12.0. The maximum Gasteiger partial charge on any atom is 0.264 e. The number of nitrogens with one attached hydrogen (secondary N) is 1. The van der Waals surface area contributed by atoms with Gasteiger partial charge in [-0.1, -0.05) is 55.8 Å². The van der Waals surface area contributed by atoms with Crippen LogP contribution in [0.4, 0.5) is 5.69 Å². The van der Waals surface area contributed by atoms with Crippen molar-refractivity contribution in [2.45, 2.75) is 52.1 Å². The van der Waals surface area contributed by atoms with Gasteiger partial charge >= 0.3 is 0 Å². The molecule has 3 rings (SSSR count). The molecule has 0 aliphatic carbocycles. The number of ether oxygens (including phenoxy) is 2. The van der Waals surface area contributed by atoms with Crippen LogP contribution in [0.15, 0.2) is 71.6 Å². The van der Waals surface area contributed by atoms with E-state index in [0.29, 0.717) is 18.0 Å². The van der Waals surface area contributed by atoms with E-state index >= 15 is 0 Å². The third kappa shape index (κ3) is 7.82. The smallest absolute Gasteiger partial charge is 0.264 e. The van der Waals surface area contributed by atoms with Gasteiger partial charge in [0.05, 0.1) is 24.8 Å². The van der Waals surface area contributed by atoms with Crippen LogP contribution in [0.2, 0.25) is 0 Å². The molecule has 0 unspecified atom stereocenters. The molecule has 0 aliphatic heterocycles. The molecular formula is C32H41N3O6S. The van der Waals surface area contributed by atoms with Crippen LogP contribution in [0.3, 0.4) is 0 Å². The van der Waals surface area contributed by atoms with Crippen molar-refractivity contribution in [2.75, 3.05) is 31.6 Å². The van der Waals surface area contributed by atoms with E-state index in [0.717, 1.165) is 21.0 Å². The van der Waals surface area contributed by atoms with Gasteiger partial charge in [-0.15, -0.1) is 0 Å². The maximum absolute atomic E-state index is 14.1. The second kappa shape index (κ2) is 14.2. The van der Waals surface area contributed by atoms with Crippen molar-refractivity contribution >= 4 is 27.5 Å². The Kier molecular flexibility index (Phi) is 11.0. The van der Waals surface area contributed by atoms with Crippen LogP contribution in [0.5, 0.6) is 11.5 Å². The molecule has 10 heteroatoms. The van der Waals surface area contributed by atoms with Crippen LogP contribution in [-0.2, 0) is 26.2 Å². The van der Waals surface area contributed by atoms with Gasteiger partial charge in [-0.3, -0.25) is 13.9 Å². The zero-order valence-corrected chi connectivity index (χ0v) is 26.2. The molecule has 1 N–H and O–H groups in total. The largest absolute Gasteiger partial charge is 0.493 e. The minimum absolute atomic E-state index is 0.0314. The van der Waals surface area contributed by atoms with Crippen molar-refractivity contribution in [3.63, 3.8) is 0 Å². The minimum atomic E-state index is -4.20. The van der Waals surface area contributed by atoms with Gasteiger partial charge in [0.15, 0.2) is 11.5 Å². The highest BCUT2D eigenvalue weighted by molar-refractivity contribution is 7.92. The zero-order chi connectivity index (χ0) is 31.0. The Morgan fingerprint density at radius 3 is 2.12 bits per heavy atom. The topological polar surface area (TPSA) is 105 Å². The molecule has 0 bridgehead atoms. The van der Waals surface area contributed by atoms with Crippen LogP contribution < -0.4 is 19.1 Å². The van der Waals surface area contributed by atoms with E-state index in [1.54, 1.807) is 31.2 Å². The van der Waals surface area contributed by atoms with Crippen molar-refractivity contribution in [2.24, 2.45) is 5.92 Å². The van der Waals surface area contributed by atoms with Crippen LogP contribution in [-0.4, -0.2) is 58.5 Å². The average Bonchev–Trinajstić information content (AvgIpc) is 2.97. The third-order valence-corrected chi connectivity index (χ3v) is 8.78. The second-order valence-electron chi connectivity index (χ2n) is 10.6. The molecule has 42 heavy (non-hydrogen) atoms. The molecule has 3 aromatic rings. The van der Waals surface area contributed by atoms with Gasteiger partial charge < -0.3 is 19.7 Å². The van der Waals surface area contributed by atoms with Crippen molar-refractivity contribution in [1.82, 2.24) is 10.2 Å². The number of rotatable bonds is 13. The first-order valence-corrected chi connectivity index (χ1v) is 15.3. The van der Waals surface area contributed by atoms with E-state index in [2.05, 4.69) is 5.32 Å². The molecule has 9 nitrogen and oxygen atoms in total. The van der Waals surface area contributed by atoms with Crippen LogP contribution in [0.1, 0.15) is 37.5 Å². The quantitative estimate of drug-likeness (QED) is 0.307. The summed E-state index contributed by atoms with van der Waals surface area (Å²) in [6.07, 6.45) is 0. The summed E-state index contributed by atoms with van der Waals surface area (Å²) in [5, 5.41) is 2.90. The highest BCUT2D eigenvalue weighted by Crippen LogP contribution is 2.34. The summed E-state index contributed by atoms with van der Waals surface area (Å²) in [6.45, 7) is 9.46. The molecule has 0 fully saturated rings. The van der Waals surface area contributed by atoms with Gasteiger partial charge in [0.25, 0.3) is 10.0 Å². The summed E-state index contributed by atoms with van der Waals surface area (Å²) < 4.78 is 39.9. The average molecular weight is 596 g/mol. The predicted octanol–water partition coefficient (Wildman–Crippen LogP) is 4.71. The van der Waals surface area contributed by atoms with Crippen molar-refractivity contribution in [3.05, 3.63) is 83.4 Å². The lowest BCUT2D eigenvalue weighted by atomic mass is 10.1. The summed E-state index contributed by atoms with van der Waals surface area (Å²) in [5.41, 5.74) is 2.92. The Morgan fingerprint density at radius 2 is 1.52 bits per heavy atom. The monoisotopic (exact) mass is 595 g/mol. The fourth-order valence-corrected chi connectivity index (χ4v) is 5.76. The van der Waals surface area contributed by atoms with E-state index in [1.807, 2.05) is 52.0 Å². The number of hydrogen-bond acceptors (Lipinski definition) is 6. The van der Waals surface area contributed by atoms with Gasteiger partial charge in [-0.05, 0) is 62.1 Å². The molecule has 0 radical (unpaired) electrons. The summed E-state index contributed by atoms with van der Waals surface area (Å²) in [6, 6.07) is 17.8. The Balaban J connectivity index is 2.08. The molecule has 0 saturated heterocycles. The number of benzene rings is 3. The standard InChI is InChI=1S/C32H41N3O6S/c1-22(2)19-33-32(37)25(5)34(20-26-11-9-8-10-24(26)4)31(36)21-35(27-14-17-29(40-6)30(18-27)41-7)42(38,39)28-15-12-23(3)13-16-28/h8-18,22,25H,19-21H2,1-7H3,(H,33,37)/t25-/m1/s1.